The zero-order chi connectivity index (χ0) is 15.0. The largest absolute Gasteiger partial charge is 0.316 e. The first-order valence-corrected chi connectivity index (χ1v) is 8.52. The van der Waals surface area contributed by atoms with Gasteiger partial charge in [-0.05, 0) is 50.2 Å². The van der Waals surface area contributed by atoms with Gasteiger partial charge in [0.1, 0.15) is 0 Å². The number of rotatable bonds is 8. The first-order chi connectivity index (χ1) is 9.39. The van der Waals surface area contributed by atoms with Gasteiger partial charge in [0.25, 0.3) is 0 Å². The van der Waals surface area contributed by atoms with E-state index >= 15 is 0 Å². The van der Waals surface area contributed by atoms with Gasteiger partial charge in [-0.3, -0.25) is 4.90 Å². The Balaban J connectivity index is 2.03. The van der Waals surface area contributed by atoms with E-state index in [-0.39, 0.29) is 0 Å². The van der Waals surface area contributed by atoms with Crippen molar-refractivity contribution in [3.05, 3.63) is 11.6 Å². The van der Waals surface area contributed by atoms with Gasteiger partial charge in [-0.15, -0.1) is 0 Å². The molecule has 1 rings (SSSR count). The molecule has 2 nitrogen and oxygen atoms in total. The summed E-state index contributed by atoms with van der Waals surface area (Å²) < 4.78 is 0. The molecule has 0 radical (unpaired) electrons. The normalized spacial score (nSPS) is 17.6. The Hall–Kier alpha value is -0.340. The second-order valence-electron chi connectivity index (χ2n) is 7.69. The van der Waals surface area contributed by atoms with Crippen LogP contribution >= 0.6 is 0 Å². The summed E-state index contributed by atoms with van der Waals surface area (Å²) in [6, 6.07) is 0. The average molecular weight is 280 g/mol. The zero-order valence-corrected chi connectivity index (χ0v) is 14.5. The van der Waals surface area contributed by atoms with E-state index in [0.29, 0.717) is 5.41 Å². The molecular weight excluding hydrogens is 244 g/mol. The Labute approximate surface area is 127 Å². The number of hydrogen-bond acceptors (Lipinski definition) is 2. The van der Waals surface area contributed by atoms with Gasteiger partial charge in [0.15, 0.2) is 0 Å². The molecule has 0 aromatic rings. The van der Waals surface area contributed by atoms with Crippen LogP contribution in [-0.4, -0.2) is 37.6 Å². The van der Waals surface area contributed by atoms with E-state index in [2.05, 4.69) is 50.9 Å². The molecule has 0 aliphatic carbocycles. The van der Waals surface area contributed by atoms with E-state index in [9.17, 15) is 0 Å². The predicted molar refractivity (Wildman–Crippen MR) is 90.2 cm³/mol. The molecule has 0 aromatic carbocycles. The maximum Gasteiger partial charge on any atom is 0.0166 e. The molecule has 118 valence electrons. The first-order valence-electron chi connectivity index (χ1n) is 8.52. The first kappa shape index (κ1) is 17.7. The van der Waals surface area contributed by atoms with Crippen LogP contribution in [0.1, 0.15) is 60.3 Å². The van der Waals surface area contributed by atoms with Crippen molar-refractivity contribution in [2.45, 2.75) is 60.3 Å². The lowest BCUT2D eigenvalue weighted by Gasteiger charge is -2.32. The van der Waals surface area contributed by atoms with Crippen molar-refractivity contribution in [1.82, 2.24) is 10.2 Å². The fourth-order valence-corrected chi connectivity index (χ4v) is 2.75. The third kappa shape index (κ3) is 7.44. The Morgan fingerprint density at radius 1 is 1.20 bits per heavy atom. The van der Waals surface area contributed by atoms with Gasteiger partial charge >= 0.3 is 0 Å². The quantitative estimate of drug-likeness (QED) is 0.532. The van der Waals surface area contributed by atoms with Crippen molar-refractivity contribution in [3.63, 3.8) is 0 Å². The average Bonchev–Trinajstić information content (AvgIpc) is 2.37. The minimum absolute atomic E-state index is 0.369. The SMILES string of the molecule is CC(C)CNCCCCCN1CC=C(C(C)(C)C)CC1. The number of nitrogens with zero attached hydrogens (tertiary/aromatic N) is 1. The van der Waals surface area contributed by atoms with Crippen molar-refractivity contribution in [2.75, 3.05) is 32.7 Å². The van der Waals surface area contributed by atoms with Crippen LogP contribution in [-0.2, 0) is 0 Å². The van der Waals surface area contributed by atoms with Crippen LogP contribution in [0.3, 0.4) is 0 Å². The monoisotopic (exact) mass is 280 g/mol. The number of unbranched alkanes of at least 4 members (excludes halogenated alkanes) is 2. The number of nitrogens with one attached hydrogen (secondary N) is 1. The highest BCUT2D eigenvalue weighted by atomic mass is 15.1. The van der Waals surface area contributed by atoms with Gasteiger partial charge in [-0.2, -0.15) is 0 Å². The lowest BCUT2D eigenvalue weighted by atomic mass is 9.83. The van der Waals surface area contributed by atoms with Gasteiger partial charge in [-0.1, -0.05) is 52.7 Å². The Bertz CT molecular complexity index is 286. The van der Waals surface area contributed by atoms with Crippen LogP contribution in [0.2, 0.25) is 0 Å². The topological polar surface area (TPSA) is 15.3 Å². The molecule has 0 unspecified atom stereocenters. The summed E-state index contributed by atoms with van der Waals surface area (Å²) in [5.41, 5.74) is 2.01. The zero-order valence-electron chi connectivity index (χ0n) is 14.5. The van der Waals surface area contributed by atoms with E-state index in [1.807, 2.05) is 0 Å². The predicted octanol–water partition coefficient (Wildman–Crippen LogP) is 4.08. The molecule has 0 fully saturated rings. The third-order valence-electron chi connectivity index (χ3n) is 4.14. The van der Waals surface area contributed by atoms with Gasteiger partial charge in [0.05, 0.1) is 0 Å². The Kier molecular flexibility index (Phi) is 7.83. The summed E-state index contributed by atoms with van der Waals surface area (Å²) in [6.07, 6.45) is 7.76. The highest BCUT2D eigenvalue weighted by Gasteiger charge is 2.20. The highest BCUT2D eigenvalue weighted by Crippen LogP contribution is 2.29. The van der Waals surface area contributed by atoms with Gasteiger partial charge < -0.3 is 5.32 Å². The summed E-state index contributed by atoms with van der Waals surface area (Å²) >= 11 is 0. The third-order valence-corrected chi connectivity index (χ3v) is 4.14. The van der Waals surface area contributed by atoms with Gasteiger partial charge in [0.2, 0.25) is 0 Å². The second-order valence-corrected chi connectivity index (χ2v) is 7.69. The van der Waals surface area contributed by atoms with Crippen LogP contribution in [0.5, 0.6) is 0 Å². The molecule has 1 aliphatic heterocycles. The van der Waals surface area contributed by atoms with Crippen molar-refractivity contribution in [1.29, 1.82) is 0 Å². The van der Waals surface area contributed by atoms with Crippen molar-refractivity contribution in [2.24, 2.45) is 11.3 Å². The highest BCUT2D eigenvalue weighted by molar-refractivity contribution is 5.14. The van der Waals surface area contributed by atoms with Crippen LogP contribution in [0.4, 0.5) is 0 Å². The lowest BCUT2D eigenvalue weighted by molar-refractivity contribution is 0.272. The van der Waals surface area contributed by atoms with E-state index in [1.165, 1.54) is 45.3 Å². The molecule has 1 aliphatic rings. The molecule has 0 aromatic heterocycles. The minimum atomic E-state index is 0.369. The van der Waals surface area contributed by atoms with Crippen molar-refractivity contribution >= 4 is 0 Å². The molecule has 0 saturated carbocycles. The van der Waals surface area contributed by atoms with Crippen LogP contribution in [0, 0.1) is 11.3 Å². The molecule has 0 bridgehead atoms. The van der Waals surface area contributed by atoms with Gasteiger partial charge in [0, 0.05) is 13.1 Å². The standard InChI is InChI=1S/C18H36N2/c1-16(2)15-19-11-7-6-8-12-20-13-9-17(10-14-20)18(3,4)5/h9,16,19H,6-8,10-15H2,1-5H3. The summed E-state index contributed by atoms with van der Waals surface area (Å²) in [7, 11) is 0. The van der Waals surface area contributed by atoms with Crippen LogP contribution in [0.15, 0.2) is 11.6 Å². The fraction of sp³-hybridized carbons (Fsp3) is 0.889. The minimum Gasteiger partial charge on any atom is -0.316 e. The van der Waals surface area contributed by atoms with Crippen molar-refractivity contribution in [3.8, 4) is 0 Å². The van der Waals surface area contributed by atoms with E-state index in [1.54, 1.807) is 5.57 Å². The van der Waals surface area contributed by atoms with E-state index < -0.39 is 0 Å². The summed E-state index contributed by atoms with van der Waals surface area (Å²) in [5.74, 6) is 0.771. The maximum absolute atomic E-state index is 3.52. The Morgan fingerprint density at radius 3 is 2.50 bits per heavy atom. The molecule has 1 N–H and O–H groups in total. The smallest absolute Gasteiger partial charge is 0.0166 e. The Morgan fingerprint density at radius 2 is 1.95 bits per heavy atom. The second kappa shape index (κ2) is 8.84. The molecule has 20 heavy (non-hydrogen) atoms. The fourth-order valence-electron chi connectivity index (χ4n) is 2.75. The summed E-state index contributed by atoms with van der Waals surface area (Å²) in [4.78, 5) is 2.61. The van der Waals surface area contributed by atoms with Crippen LogP contribution < -0.4 is 5.32 Å². The number of hydrogen-bond donors (Lipinski definition) is 1. The molecular formula is C18H36N2. The van der Waals surface area contributed by atoms with E-state index in [0.717, 1.165) is 19.0 Å². The molecule has 1 heterocycles. The molecule has 2 heteroatoms. The van der Waals surface area contributed by atoms with Crippen LogP contribution in [0.25, 0.3) is 0 Å². The molecule has 0 saturated heterocycles. The van der Waals surface area contributed by atoms with Gasteiger partial charge in [-0.25, -0.2) is 0 Å². The lowest BCUT2D eigenvalue weighted by Crippen LogP contribution is -2.32. The van der Waals surface area contributed by atoms with Crippen molar-refractivity contribution < 1.29 is 0 Å². The van der Waals surface area contributed by atoms with E-state index in [4.69, 9.17) is 0 Å². The molecule has 0 spiro atoms. The molecule has 0 atom stereocenters. The summed E-state index contributed by atoms with van der Waals surface area (Å²) in [5, 5.41) is 3.52. The summed E-state index contributed by atoms with van der Waals surface area (Å²) in [6.45, 7) is 17.6. The maximum atomic E-state index is 3.52. The molecule has 0 amide bonds.